The molecule has 0 aliphatic rings. The van der Waals surface area contributed by atoms with E-state index in [9.17, 15) is 9.59 Å². The Morgan fingerprint density at radius 1 is 1.05 bits per heavy atom. The molecular formula is C30H33BrN4O3. The molecule has 4 rings (SSSR count). The minimum atomic E-state index is -0.466. The zero-order chi connectivity index (χ0) is 27.2. The van der Waals surface area contributed by atoms with E-state index in [0.717, 1.165) is 10.9 Å². The van der Waals surface area contributed by atoms with E-state index in [1.807, 2.05) is 73.7 Å². The summed E-state index contributed by atoms with van der Waals surface area (Å²) < 4.78 is 8.16. The highest BCUT2D eigenvalue weighted by Crippen LogP contribution is 2.30. The summed E-state index contributed by atoms with van der Waals surface area (Å²) in [4.78, 5) is 34.5. The van der Waals surface area contributed by atoms with Gasteiger partial charge in [-0.1, -0.05) is 61.0 Å². The fourth-order valence-corrected chi connectivity index (χ4v) is 4.75. The van der Waals surface area contributed by atoms with Crippen molar-refractivity contribution in [2.75, 3.05) is 19.0 Å². The van der Waals surface area contributed by atoms with E-state index in [1.54, 1.807) is 22.6 Å². The first-order valence-corrected chi connectivity index (χ1v) is 13.6. The first kappa shape index (κ1) is 27.4. The van der Waals surface area contributed by atoms with Crippen LogP contribution in [0.15, 0.2) is 82.1 Å². The van der Waals surface area contributed by atoms with Gasteiger partial charge in [0.2, 0.25) is 0 Å². The second kappa shape index (κ2) is 12.3. The average Bonchev–Trinajstić information content (AvgIpc) is 2.92. The van der Waals surface area contributed by atoms with E-state index in [1.165, 1.54) is 0 Å². The molecule has 0 aliphatic carbocycles. The minimum Gasteiger partial charge on any atom is -0.495 e. The first-order chi connectivity index (χ1) is 18.3. The third-order valence-electron chi connectivity index (χ3n) is 6.49. The van der Waals surface area contributed by atoms with Crippen LogP contribution in [0.2, 0.25) is 0 Å². The molecule has 198 valence electrons. The van der Waals surface area contributed by atoms with Crippen molar-refractivity contribution in [2.45, 2.75) is 39.7 Å². The standard InChI is InChI=1S/C30H33BrN4O3/c1-5-25(34(19-18-20(2)3)30(37)32-22-16-14-21(31)15-17-22)28-33-24-11-7-6-10-23(24)29(36)35(28)26-12-8-9-13-27(26)38-4/h6-17,20,25H,5,18-19H2,1-4H3,(H,32,37). The van der Waals surface area contributed by atoms with E-state index < -0.39 is 6.04 Å². The number of ether oxygens (including phenoxy) is 1. The number of urea groups is 1. The molecule has 1 unspecified atom stereocenters. The lowest BCUT2D eigenvalue weighted by molar-refractivity contribution is 0.176. The van der Waals surface area contributed by atoms with E-state index in [2.05, 4.69) is 35.1 Å². The number of benzene rings is 3. The van der Waals surface area contributed by atoms with Gasteiger partial charge in [-0.25, -0.2) is 9.78 Å². The summed E-state index contributed by atoms with van der Waals surface area (Å²) >= 11 is 3.44. The number of hydrogen-bond donors (Lipinski definition) is 1. The van der Waals surface area contributed by atoms with Gasteiger partial charge in [-0.15, -0.1) is 0 Å². The number of amides is 2. The summed E-state index contributed by atoms with van der Waals surface area (Å²) in [5.41, 5.74) is 1.67. The maximum Gasteiger partial charge on any atom is 0.322 e. The summed E-state index contributed by atoms with van der Waals surface area (Å²) in [6.07, 6.45) is 1.36. The number of rotatable bonds is 9. The van der Waals surface area contributed by atoms with Crippen LogP contribution in [0, 0.1) is 5.92 Å². The van der Waals surface area contributed by atoms with Gasteiger partial charge in [-0.3, -0.25) is 9.36 Å². The SMILES string of the molecule is CCC(c1nc2ccccc2c(=O)n1-c1ccccc1OC)N(CCC(C)C)C(=O)Nc1ccc(Br)cc1. The van der Waals surface area contributed by atoms with Gasteiger partial charge < -0.3 is 15.0 Å². The Kier molecular flexibility index (Phi) is 8.84. The molecular weight excluding hydrogens is 544 g/mol. The maximum atomic E-state index is 14.0. The highest BCUT2D eigenvalue weighted by Gasteiger charge is 2.30. The molecule has 3 aromatic carbocycles. The zero-order valence-electron chi connectivity index (χ0n) is 22.1. The predicted molar refractivity (Wildman–Crippen MR) is 156 cm³/mol. The molecule has 0 bridgehead atoms. The van der Waals surface area contributed by atoms with Gasteiger partial charge in [0.15, 0.2) is 0 Å². The highest BCUT2D eigenvalue weighted by molar-refractivity contribution is 9.10. The summed E-state index contributed by atoms with van der Waals surface area (Å²) in [5, 5.41) is 3.54. The number of carbonyl (C=O) groups excluding carboxylic acids is 1. The van der Waals surface area contributed by atoms with E-state index >= 15 is 0 Å². The van der Waals surface area contributed by atoms with Crippen molar-refractivity contribution in [3.05, 3.63) is 93.4 Å². The van der Waals surface area contributed by atoms with Crippen LogP contribution in [0.3, 0.4) is 0 Å². The van der Waals surface area contributed by atoms with Crippen molar-refractivity contribution in [3.8, 4) is 11.4 Å². The summed E-state index contributed by atoms with van der Waals surface area (Å²) in [6, 6.07) is 21.4. The molecule has 1 aromatic heterocycles. The number of aromatic nitrogens is 2. The van der Waals surface area contributed by atoms with Crippen LogP contribution < -0.4 is 15.6 Å². The Bertz CT molecular complexity index is 1470. The molecule has 2 amide bonds. The predicted octanol–water partition coefficient (Wildman–Crippen LogP) is 7.19. The molecule has 38 heavy (non-hydrogen) atoms. The van der Waals surface area contributed by atoms with Gasteiger partial charge in [0.25, 0.3) is 5.56 Å². The third kappa shape index (κ3) is 5.91. The molecule has 1 atom stereocenters. The highest BCUT2D eigenvalue weighted by atomic mass is 79.9. The lowest BCUT2D eigenvalue weighted by atomic mass is 10.1. The van der Waals surface area contributed by atoms with Crippen LogP contribution >= 0.6 is 15.9 Å². The second-order valence-corrected chi connectivity index (χ2v) is 10.5. The van der Waals surface area contributed by atoms with Crippen molar-refractivity contribution >= 4 is 38.6 Å². The van der Waals surface area contributed by atoms with Gasteiger partial charge in [-0.2, -0.15) is 0 Å². The van der Waals surface area contributed by atoms with Crippen molar-refractivity contribution in [1.29, 1.82) is 0 Å². The summed E-state index contributed by atoms with van der Waals surface area (Å²) in [5.74, 6) is 1.43. The Labute approximate surface area is 231 Å². The molecule has 4 aromatic rings. The molecule has 1 N–H and O–H groups in total. The molecule has 0 spiro atoms. The molecule has 7 nitrogen and oxygen atoms in total. The number of fused-ring (bicyclic) bond motifs is 1. The van der Waals surface area contributed by atoms with Gasteiger partial charge in [-0.05, 0) is 67.3 Å². The Hall–Kier alpha value is -3.65. The fourth-order valence-electron chi connectivity index (χ4n) is 4.49. The number of halogens is 1. The third-order valence-corrected chi connectivity index (χ3v) is 7.02. The second-order valence-electron chi connectivity index (χ2n) is 9.54. The molecule has 0 saturated heterocycles. The van der Waals surface area contributed by atoms with Crippen molar-refractivity contribution in [1.82, 2.24) is 14.5 Å². The van der Waals surface area contributed by atoms with Crippen LogP contribution in [-0.2, 0) is 0 Å². The molecule has 8 heteroatoms. The number of hydrogen-bond acceptors (Lipinski definition) is 4. The lowest BCUT2D eigenvalue weighted by Crippen LogP contribution is -2.41. The number of para-hydroxylation sites is 3. The first-order valence-electron chi connectivity index (χ1n) is 12.8. The largest absolute Gasteiger partial charge is 0.495 e. The van der Waals surface area contributed by atoms with Crippen molar-refractivity contribution < 1.29 is 9.53 Å². The summed E-state index contributed by atoms with van der Waals surface area (Å²) in [7, 11) is 1.58. The van der Waals surface area contributed by atoms with Crippen LogP contribution in [0.4, 0.5) is 10.5 Å². The van der Waals surface area contributed by atoms with E-state index in [0.29, 0.717) is 52.7 Å². The number of anilines is 1. The van der Waals surface area contributed by atoms with Gasteiger partial charge in [0, 0.05) is 16.7 Å². The molecule has 0 fully saturated rings. The quantitative estimate of drug-likeness (QED) is 0.229. The van der Waals surface area contributed by atoms with Crippen molar-refractivity contribution in [2.24, 2.45) is 5.92 Å². The van der Waals surface area contributed by atoms with Crippen LogP contribution in [0.1, 0.15) is 45.5 Å². The fraction of sp³-hybridized carbons (Fsp3) is 0.300. The Balaban J connectivity index is 1.89. The number of nitrogens with zero attached hydrogens (tertiary/aromatic N) is 3. The molecule has 0 saturated carbocycles. The van der Waals surface area contributed by atoms with E-state index in [4.69, 9.17) is 9.72 Å². The van der Waals surface area contributed by atoms with Crippen LogP contribution in [-0.4, -0.2) is 34.1 Å². The monoisotopic (exact) mass is 576 g/mol. The Morgan fingerprint density at radius 2 is 1.74 bits per heavy atom. The van der Waals surface area contributed by atoms with Gasteiger partial charge in [0.1, 0.15) is 11.6 Å². The molecule has 1 heterocycles. The average molecular weight is 578 g/mol. The normalized spacial score (nSPS) is 11.9. The molecule has 0 radical (unpaired) electrons. The summed E-state index contributed by atoms with van der Waals surface area (Å²) in [6.45, 7) is 6.77. The number of methoxy groups -OCH3 is 1. The Morgan fingerprint density at radius 3 is 2.42 bits per heavy atom. The van der Waals surface area contributed by atoms with Crippen LogP contribution in [0.5, 0.6) is 5.75 Å². The maximum absolute atomic E-state index is 14.0. The lowest BCUT2D eigenvalue weighted by Gasteiger charge is -2.33. The zero-order valence-corrected chi connectivity index (χ0v) is 23.7. The number of carbonyl (C=O) groups is 1. The number of nitrogens with one attached hydrogen (secondary N) is 1. The minimum absolute atomic E-state index is 0.203. The molecule has 0 aliphatic heterocycles. The van der Waals surface area contributed by atoms with E-state index in [-0.39, 0.29) is 11.6 Å². The van der Waals surface area contributed by atoms with Crippen molar-refractivity contribution in [3.63, 3.8) is 0 Å². The smallest absolute Gasteiger partial charge is 0.322 e. The van der Waals surface area contributed by atoms with Gasteiger partial charge in [0.05, 0.1) is 29.7 Å². The topological polar surface area (TPSA) is 76.5 Å². The van der Waals surface area contributed by atoms with Crippen LogP contribution in [0.25, 0.3) is 16.6 Å². The van der Waals surface area contributed by atoms with Gasteiger partial charge >= 0.3 is 6.03 Å².